The second-order valence-corrected chi connectivity index (χ2v) is 7.31. The maximum atomic E-state index is 12.4. The monoisotopic (exact) mass is 423 g/mol. The Morgan fingerprint density at radius 1 is 1.04 bits per heavy atom. The summed E-state index contributed by atoms with van der Waals surface area (Å²) in [5.41, 5.74) is 2.87. The number of carbonyl (C=O) groups excluding carboxylic acids is 1. The van der Waals surface area contributed by atoms with Gasteiger partial charge in [0.1, 0.15) is 0 Å². The van der Waals surface area contributed by atoms with Crippen molar-refractivity contribution < 1.29 is 4.79 Å². The molecular weight excluding hydrogens is 406 g/mol. The van der Waals surface area contributed by atoms with Gasteiger partial charge in [-0.25, -0.2) is 0 Å². The van der Waals surface area contributed by atoms with E-state index in [1.165, 1.54) is 19.0 Å². The van der Waals surface area contributed by atoms with Gasteiger partial charge in [0.05, 0.1) is 11.3 Å². The van der Waals surface area contributed by atoms with Crippen LogP contribution in [0.4, 0.5) is 11.5 Å². The molecule has 4 rings (SSSR count). The zero-order valence-electron chi connectivity index (χ0n) is 14.6. The number of halogens is 1. The van der Waals surface area contributed by atoms with Crippen molar-refractivity contribution >= 4 is 33.3 Å². The number of anilines is 2. The van der Waals surface area contributed by atoms with Crippen LogP contribution in [0.1, 0.15) is 23.2 Å². The van der Waals surface area contributed by atoms with E-state index < -0.39 is 0 Å². The Bertz CT molecular complexity index is 955. The summed E-state index contributed by atoms with van der Waals surface area (Å²) in [5.74, 6) is 0.708. The van der Waals surface area contributed by atoms with E-state index in [1.54, 1.807) is 12.3 Å². The van der Waals surface area contributed by atoms with E-state index in [2.05, 4.69) is 41.3 Å². The Morgan fingerprint density at radius 3 is 2.63 bits per heavy atom. The molecule has 0 radical (unpaired) electrons. The summed E-state index contributed by atoms with van der Waals surface area (Å²) in [6.07, 6.45) is 5.59. The van der Waals surface area contributed by atoms with Crippen LogP contribution in [0.5, 0.6) is 0 Å². The summed E-state index contributed by atoms with van der Waals surface area (Å²) in [7, 11) is 0. The maximum Gasteiger partial charge on any atom is 0.257 e. The van der Waals surface area contributed by atoms with Crippen LogP contribution in [-0.2, 0) is 0 Å². The molecule has 0 atom stereocenters. The first-order valence-electron chi connectivity index (χ1n) is 8.80. The molecule has 6 nitrogen and oxygen atoms in total. The van der Waals surface area contributed by atoms with Crippen LogP contribution in [0.15, 0.2) is 59.3 Å². The molecule has 136 valence electrons. The maximum absolute atomic E-state index is 12.4. The summed E-state index contributed by atoms with van der Waals surface area (Å²) in [4.78, 5) is 18.7. The minimum Gasteiger partial charge on any atom is -0.355 e. The van der Waals surface area contributed by atoms with Gasteiger partial charge in [-0.15, -0.1) is 10.2 Å². The summed E-state index contributed by atoms with van der Waals surface area (Å²) in [5, 5.41) is 11.6. The van der Waals surface area contributed by atoms with Crippen LogP contribution < -0.4 is 10.2 Å². The Labute approximate surface area is 165 Å². The van der Waals surface area contributed by atoms with Crippen molar-refractivity contribution in [3.8, 4) is 11.3 Å². The fraction of sp³-hybridized carbons (Fsp3) is 0.200. The van der Waals surface area contributed by atoms with Gasteiger partial charge in [0.25, 0.3) is 5.91 Å². The Morgan fingerprint density at radius 2 is 1.89 bits per heavy atom. The SMILES string of the molecule is O=C(Nc1cccc(-c2ccc(N3CCCC3)nn2)c1)c1cncc(Br)c1. The Kier molecular flexibility index (Phi) is 5.11. The molecule has 0 spiro atoms. The number of rotatable bonds is 4. The second kappa shape index (κ2) is 7.84. The fourth-order valence-electron chi connectivity index (χ4n) is 3.09. The molecule has 1 aliphatic rings. The number of hydrogen-bond donors (Lipinski definition) is 1. The molecule has 2 aromatic heterocycles. The van der Waals surface area contributed by atoms with E-state index in [-0.39, 0.29) is 5.91 Å². The molecular formula is C20H18BrN5O. The first-order valence-corrected chi connectivity index (χ1v) is 9.59. The molecule has 1 aromatic carbocycles. The van der Waals surface area contributed by atoms with Crippen LogP contribution in [0.25, 0.3) is 11.3 Å². The molecule has 0 bridgehead atoms. The molecule has 0 aliphatic carbocycles. The molecule has 1 saturated heterocycles. The molecule has 1 aliphatic heterocycles. The number of aromatic nitrogens is 3. The number of pyridine rings is 1. The van der Waals surface area contributed by atoms with Crippen molar-refractivity contribution in [2.75, 3.05) is 23.3 Å². The smallest absolute Gasteiger partial charge is 0.257 e. The molecule has 1 fully saturated rings. The third kappa shape index (κ3) is 4.14. The fourth-order valence-corrected chi connectivity index (χ4v) is 3.45. The lowest BCUT2D eigenvalue weighted by Crippen LogP contribution is -2.19. The van der Waals surface area contributed by atoms with Crippen LogP contribution in [-0.4, -0.2) is 34.2 Å². The Hall–Kier alpha value is -2.80. The molecule has 0 unspecified atom stereocenters. The van der Waals surface area contributed by atoms with Crippen LogP contribution in [0.3, 0.4) is 0 Å². The van der Waals surface area contributed by atoms with Gasteiger partial charge >= 0.3 is 0 Å². The van der Waals surface area contributed by atoms with Gasteiger partial charge in [-0.2, -0.15) is 0 Å². The summed E-state index contributed by atoms with van der Waals surface area (Å²) < 4.78 is 0.761. The number of hydrogen-bond acceptors (Lipinski definition) is 5. The number of nitrogens with one attached hydrogen (secondary N) is 1. The third-order valence-electron chi connectivity index (χ3n) is 4.46. The zero-order valence-corrected chi connectivity index (χ0v) is 16.2. The first-order chi connectivity index (χ1) is 13.2. The van der Waals surface area contributed by atoms with Gasteiger partial charge in [-0.3, -0.25) is 9.78 Å². The van der Waals surface area contributed by atoms with Crippen molar-refractivity contribution in [1.29, 1.82) is 0 Å². The van der Waals surface area contributed by atoms with E-state index in [1.807, 2.05) is 36.4 Å². The van der Waals surface area contributed by atoms with E-state index in [4.69, 9.17) is 0 Å². The minimum atomic E-state index is -0.212. The molecule has 3 heterocycles. The summed E-state index contributed by atoms with van der Waals surface area (Å²) in [6.45, 7) is 2.08. The van der Waals surface area contributed by atoms with Gasteiger partial charge in [0, 0.05) is 41.2 Å². The molecule has 1 N–H and O–H groups in total. The normalized spacial score (nSPS) is 13.6. The lowest BCUT2D eigenvalue weighted by molar-refractivity contribution is 0.102. The highest BCUT2D eigenvalue weighted by Crippen LogP contribution is 2.23. The summed E-state index contributed by atoms with van der Waals surface area (Å²) in [6, 6.07) is 13.3. The predicted molar refractivity (Wildman–Crippen MR) is 109 cm³/mol. The van der Waals surface area contributed by atoms with Crippen molar-refractivity contribution in [3.63, 3.8) is 0 Å². The molecule has 3 aromatic rings. The number of amides is 1. The number of carbonyl (C=O) groups is 1. The Balaban J connectivity index is 1.51. The van der Waals surface area contributed by atoms with Gasteiger partial charge in [0.2, 0.25) is 0 Å². The first kappa shape index (κ1) is 17.6. The highest BCUT2D eigenvalue weighted by atomic mass is 79.9. The van der Waals surface area contributed by atoms with Crippen molar-refractivity contribution in [2.24, 2.45) is 0 Å². The van der Waals surface area contributed by atoms with Gasteiger partial charge in [0.15, 0.2) is 5.82 Å². The van der Waals surface area contributed by atoms with E-state index >= 15 is 0 Å². The van der Waals surface area contributed by atoms with Crippen molar-refractivity contribution in [2.45, 2.75) is 12.8 Å². The quantitative estimate of drug-likeness (QED) is 0.681. The lowest BCUT2D eigenvalue weighted by atomic mass is 10.1. The van der Waals surface area contributed by atoms with Crippen LogP contribution in [0, 0.1) is 0 Å². The van der Waals surface area contributed by atoms with Crippen molar-refractivity contribution in [1.82, 2.24) is 15.2 Å². The van der Waals surface area contributed by atoms with Gasteiger partial charge in [-0.1, -0.05) is 12.1 Å². The molecule has 1 amide bonds. The highest BCUT2D eigenvalue weighted by Gasteiger charge is 2.14. The largest absolute Gasteiger partial charge is 0.355 e. The molecule has 27 heavy (non-hydrogen) atoms. The third-order valence-corrected chi connectivity index (χ3v) is 4.90. The van der Waals surface area contributed by atoms with Crippen molar-refractivity contribution in [3.05, 3.63) is 64.9 Å². The van der Waals surface area contributed by atoms with Gasteiger partial charge in [-0.05, 0) is 59.1 Å². The average Bonchev–Trinajstić information content (AvgIpc) is 3.23. The van der Waals surface area contributed by atoms with E-state index in [9.17, 15) is 4.79 Å². The van der Waals surface area contributed by atoms with E-state index in [0.717, 1.165) is 34.6 Å². The number of benzene rings is 1. The zero-order chi connectivity index (χ0) is 18.6. The standard InChI is InChI=1S/C20H18BrN5O/c21-16-10-15(12-22-13-16)20(27)23-17-5-3-4-14(11-17)18-6-7-19(25-24-18)26-8-1-2-9-26/h3-7,10-13H,1-2,8-9H2,(H,23,27). The second-order valence-electron chi connectivity index (χ2n) is 6.40. The topological polar surface area (TPSA) is 71.0 Å². The molecule has 7 heteroatoms. The average molecular weight is 424 g/mol. The highest BCUT2D eigenvalue weighted by molar-refractivity contribution is 9.10. The predicted octanol–water partition coefficient (Wildman–Crippen LogP) is 4.15. The number of nitrogens with zero attached hydrogens (tertiary/aromatic N) is 4. The van der Waals surface area contributed by atoms with Crippen LogP contribution in [0.2, 0.25) is 0 Å². The van der Waals surface area contributed by atoms with Crippen LogP contribution >= 0.6 is 15.9 Å². The summed E-state index contributed by atoms with van der Waals surface area (Å²) >= 11 is 3.33. The lowest BCUT2D eigenvalue weighted by Gasteiger charge is -2.15. The van der Waals surface area contributed by atoms with Gasteiger partial charge < -0.3 is 10.2 Å². The van der Waals surface area contributed by atoms with E-state index in [0.29, 0.717) is 11.3 Å². The minimum absolute atomic E-state index is 0.212. The molecule has 0 saturated carbocycles.